The van der Waals surface area contributed by atoms with Gasteiger partial charge in [0, 0.05) is 10.4 Å². The first-order chi connectivity index (χ1) is 7.09. The minimum atomic E-state index is 0.955. The zero-order chi connectivity index (χ0) is 11.0. The third kappa shape index (κ3) is 1.99. The standard InChI is InChI=1S/C12H12BrNS/c1-7-5-4-6-10(8(7)2)11-9(3)15-12(13)14-11/h4-6H,1-3H3. The summed E-state index contributed by atoms with van der Waals surface area (Å²) >= 11 is 5.11. The van der Waals surface area contributed by atoms with E-state index in [0.717, 1.165) is 9.61 Å². The molecule has 1 heterocycles. The van der Waals surface area contributed by atoms with Crippen molar-refractivity contribution < 1.29 is 0 Å². The lowest BCUT2D eigenvalue weighted by Crippen LogP contribution is -1.88. The second kappa shape index (κ2) is 4.06. The van der Waals surface area contributed by atoms with Crippen molar-refractivity contribution in [3.05, 3.63) is 38.1 Å². The largest absolute Gasteiger partial charge is 0.229 e. The monoisotopic (exact) mass is 281 g/mol. The van der Waals surface area contributed by atoms with Gasteiger partial charge in [0.2, 0.25) is 0 Å². The number of hydrogen-bond acceptors (Lipinski definition) is 2. The van der Waals surface area contributed by atoms with E-state index >= 15 is 0 Å². The molecule has 0 unspecified atom stereocenters. The molecule has 0 atom stereocenters. The number of aryl methyl sites for hydroxylation is 2. The van der Waals surface area contributed by atoms with Crippen molar-refractivity contribution in [1.29, 1.82) is 0 Å². The molecule has 0 fully saturated rings. The summed E-state index contributed by atoms with van der Waals surface area (Å²) in [6.45, 7) is 6.40. The zero-order valence-electron chi connectivity index (χ0n) is 8.97. The Balaban J connectivity index is 2.64. The number of halogens is 1. The smallest absolute Gasteiger partial charge is 0.160 e. The molecule has 2 rings (SSSR count). The minimum absolute atomic E-state index is 0.955. The molecule has 0 aliphatic heterocycles. The molecule has 0 bridgehead atoms. The third-order valence-electron chi connectivity index (χ3n) is 2.63. The first kappa shape index (κ1) is 10.8. The molecule has 3 heteroatoms. The number of thiazole rings is 1. The highest BCUT2D eigenvalue weighted by Gasteiger charge is 2.11. The fourth-order valence-corrected chi connectivity index (χ4v) is 3.17. The Morgan fingerprint density at radius 2 is 1.93 bits per heavy atom. The van der Waals surface area contributed by atoms with Gasteiger partial charge in [0.25, 0.3) is 0 Å². The summed E-state index contributed by atoms with van der Waals surface area (Å²) in [5.41, 5.74) is 4.98. The third-order valence-corrected chi connectivity index (χ3v) is 4.05. The van der Waals surface area contributed by atoms with Crippen LogP contribution in [0.3, 0.4) is 0 Å². The van der Waals surface area contributed by atoms with Crippen LogP contribution in [0.1, 0.15) is 16.0 Å². The van der Waals surface area contributed by atoms with Crippen LogP contribution in [-0.2, 0) is 0 Å². The van der Waals surface area contributed by atoms with E-state index in [0.29, 0.717) is 0 Å². The SMILES string of the molecule is Cc1cccc(-c2nc(Br)sc2C)c1C. The van der Waals surface area contributed by atoms with Crippen molar-refractivity contribution >= 4 is 27.3 Å². The van der Waals surface area contributed by atoms with E-state index in [1.165, 1.54) is 21.6 Å². The summed E-state index contributed by atoms with van der Waals surface area (Å²) < 4.78 is 0.955. The van der Waals surface area contributed by atoms with Crippen LogP contribution in [0.4, 0.5) is 0 Å². The highest BCUT2D eigenvalue weighted by molar-refractivity contribution is 9.11. The molecule has 0 saturated heterocycles. The molecular formula is C12H12BrNS. The van der Waals surface area contributed by atoms with Crippen LogP contribution < -0.4 is 0 Å². The van der Waals surface area contributed by atoms with Crippen molar-refractivity contribution in [3.63, 3.8) is 0 Å². The van der Waals surface area contributed by atoms with Gasteiger partial charge >= 0.3 is 0 Å². The Bertz CT molecular complexity index is 502. The lowest BCUT2D eigenvalue weighted by molar-refractivity contribution is 1.29. The van der Waals surface area contributed by atoms with E-state index in [1.54, 1.807) is 11.3 Å². The van der Waals surface area contributed by atoms with Gasteiger partial charge in [-0.2, -0.15) is 0 Å². The number of aromatic nitrogens is 1. The van der Waals surface area contributed by atoms with Gasteiger partial charge in [-0.25, -0.2) is 4.98 Å². The fraction of sp³-hybridized carbons (Fsp3) is 0.250. The molecule has 0 N–H and O–H groups in total. The summed E-state index contributed by atoms with van der Waals surface area (Å²) in [7, 11) is 0. The van der Waals surface area contributed by atoms with Crippen LogP contribution in [0.5, 0.6) is 0 Å². The summed E-state index contributed by atoms with van der Waals surface area (Å²) in [5.74, 6) is 0. The van der Waals surface area contributed by atoms with Gasteiger partial charge in [0.05, 0.1) is 5.69 Å². The van der Waals surface area contributed by atoms with Crippen molar-refractivity contribution in [1.82, 2.24) is 4.98 Å². The topological polar surface area (TPSA) is 12.9 Å². The molecule has 0 radical (unpaired) electrons. The maximum absolute atomic E-state index is 4.52. The predicted octanol–water partition coefficient (Wildman–Crippen LogP) is 4.50. The van der Waals surface area contributed by atoms with Gasteiger partial charge in [-0.3, -0.25) is 0 Å². The lowest BCUT2D eigenvalue weighted by Gasteiger charge is -2.06. The number of nitrogens with zero attached hydrogens (tertiary/aromatic N) is 1. The highest BCUT2D eigenvalue weighted by atomic mass is 79.9. The van der Waals surface area contributed by atoms with Gasteiger partial charge in [0.1, 0.15) is 0 Å². The van der Waals surface area contributed by atoms with Crippen molar-refractivity contribution in [3.8, 4) is 11.3 Å². The minimum Gasteiger partial charge on any atom is -0.229 e. The van der Waals surface area contributed by atoms with Crippen LogP contribution in [-0.4, -0.2) is 4.98 Å². The van der Waals surface area contributed by atoms with Crippen molar-refractivity contribution in [2.75, 3.05) is 0 Å². The van der Waals surface area contributed by atoms with Crippen molar-refractivity contribution in [2.24, 2.45) is 0 Å². The first-order valence-electron chi connectivity index (χ1n) is 4.79. The van der Waals surface area contributed by atoms with E-state index < -0.39 is 0 Å². The predicted molar refractivity (Wildman–Crippen MR) is 69.5 cm³/mol. The van der Waals surface area contributed by atoms with E-state index in [2.05, 4.69) is 59.9 Å². The molecule has 0 aliphatic rings. The Kier molecular flexibility index (Phi) is 2.94. The average Bonchev–Trinajstić information content (AvgIpc) is 2.50. The molecule has 0 aliphatic carbocycles. The van der Waals surface area contributed by atoms with Gasteiger partial charge < -0.3 is 0 Å². The Morgan fingerprint density at radius 1 is 1.20 bits per heavy atom. The van der Waals surface area contributed by atoms with E-state index in [1.807, 2.05) is 0 Å². The van der Waals surface area contributed by atoms with Gasteiger partial charge in [-0.05, 0) is 47.8 Å². The normalized spacial score (nSPS) is 10.7. The Morgan fingerprint density at radius 3 is 2.53 bits per heavy atom. The van der Waals surface area contributed by atoms with E-state index in [9.17, 15) is 0 Å². The van der Waals surface area contributed by atoms with Crippen LogP contribution in [0.2, 0.25) is 0 Å². The van der Waals surface area contributed by atoms with Crippen molar-refractivity contribution in [2.45, 2.75) is 20.8 Å². The summed E-state index contributed by atoms with van der Waals surface area (Å²) in [4.78, 5) is 5.78. The van der Waals surface area contributed by atoms with E-state index in [-0.39, 0.29) is 0 Å². The molecule has 1 nitrogen and oxygen atoms in total. The molecule has 0 spiro atoms. The number of benzene rings is 1. The molecule has 0 saturated carbocycles. The first-order valence-corrected chi connectivity index (χ1v) is 6.40. The summed E-state index contributed by atoms with van der Waals surface area (Å²) in [6.07, 6.45) is 0. The molecule has 1 aromatic heterocycles. The number of rotatable bonds is 1. The lowest BCUT2D eigenvalue weighted by atomic mass is 10.0. The van der Waals surface area contributed by atoms with Gasteiger partial charge in [0.15, 0.2) is 3.92 Å². The summed E-state index contributed by atoms with van der Waals surface area (Å²) in [6, 6.07) is 6.36. The second-order valence-corrected chi connectivity index (χ2v) is 6.10. The quantitative estimate of drug-likeness (QED) is 0.750. The Hall–Kier alpha value is -0.670. The van der Waals surface area contributed by atoms with Crippen LogP contribution in [0.15, 0.2) is 22.1 Å². The highest BCUT2D eigenvalue weighted by Crippen LogP contribution is 2.32. The number of hydrogen-bond donors (Lipinski definition) is 0. The molecule has 78 valence electrons. The molecule has 15 heavy (non-hydrogen) atoms. The molecule has 2 aromatic rings. The zero-order valence-corrected chi connectivity index (χ0v) is 11.4. The average molecular weight is 282 g/mol. The molecule has 1 aromatic carbocycles. The Labute approximate surface area is 102 Å². The molecule has 0 amide bonds. The second-order valence-electron chi connectivity index (χ2n) is 3.62. The van der Waals surface area contributed by atoms with Crippen LogP contribution >= 0.6 is 27.3 Å². The maximum atomic E-state index is 4.52. The summed E-state index contributed by atoms with van der Waals surface area (Å²) in [5, 5.41) is 0. The van der Waals surface area contributed by atoms with Gasteiger partial charge in [-0.15, -0.1) is 11.3 Å². The molecular weight excluding hydrogens is 270 g/mol. The van der Waals surface area contributed by atoms with Crippen LogP contribution in [0, 0.1) is 20.8 Å². The maximum Gasteiger partial charge on any atom is 0.160 e. The fourth-order valence-electron chi connectivity index (χ4n) is 1.62. The van der Waals surface area contributed by atoms with Crippen LogP contribution in [0.25, 0.3) is 11.3 Å². The van der Waals surface area contributed by atoms with E-state index in [4.69, 9.17) is 0 Å². The van der Waals surface area contributed by atoms with Gasteiger partial charge in [-0.1, -0.05) is 18.2 Å².